The van der Waals surface area contributed by atoms with E-state index in [1.165, 1.54) is 17.0 Å². The maximum Gasteiger partial charge on any atom is 0.256 e. The minimum atomic E-state index is -0.457. The molecule has 1 aromatic heterocycles. The summed E-state index contributed by atoms with van der Waals surface area (Å²) in [6.45, 7) is 0.372. The molecule has 2 aromatic rings. The third-order valence-corrected chi connectivity index (χ3v) is 2.72. The van der Waals surface area contributed by atoms with Crippen LogP contribution < -0.4 is 5.73 Å². The van der Waals surface area contributed by atoms with Crippen molar-refractivity contribution in [2.45, 2.75) is 6.54 Å². The van der Waals surface area contributed by atoms with E-state index in [-0.39, 0.29) is 11.6 Å². The molecule has 4 nitrogen and oxygen atoms in total. The summed E-state index contributed by atoms with van der Waals surface area (Å²) in [4.78, 5) is 17.8. The zero-order valence-corrected chi connectivity index (χ0v) is 10.5. The molecule has 0 saturated carbocycles. The van der Waals surface area contributed by atoms with Crippen LogP contribution in [0.25, 0.3) is 0 Å². The average molecular weight is 259 g/mol. The molecule has 0 bridgehead atoms. The van der Waals surface area contributed by atoms with Crippen molar-refractivity contribution in [1.82, 2.24) is 9.88 Å². The summed E-state index contributed by atoms with van der Waals surface area (Å²) in [5.41, 5.74) is 6.86. The molecule has 1 heterocycles. The minimum Gasteiger partial charge on any atom is -0.398 e. The van der Waals surface area contributed by atoms with Crippen LogP contribution in [0.15, 0.2) is 42.6 Å². The van der Waals surface area contributed by atoms with Crippen molar-refractivity contribution in [2.75, 3.05) is 12.8 Å². The second-order valence-corrected chi connectivity index (χ2v) is 4.21. The third-order valence-electron chi connectivity index (χ3n) is 2.72. The number of nitrogen functional groups attached to an aromatic ring is 1. The summed E-state index contributed by atoms with van der Waals surface area (Å²) in [5, 5.41) is 0. The fourth-order valence-electron chi connectivity index (χ4n) is 1.74. The molecule has 0 aliphatic heterocycles. The van der Waals surface area contributed by atoms with Gasteiger partial charge in [0.2, 0.25) is 0 Å². The number of anilines is 1. The Balaban J connectivity index is 2.15. The zero-order valence-electron chi connectivity index (χ0n) is 10.5. The monoisotopic (exact) mass is 259 g/mol. The molecule has 19 heavy (non-hydrogen) atoms. The first-order valence-corrected chi connectivity index (χ1v) is 5.78. The molecule has 1 aromatic carbocycles. The van der Waals surface area contributed by atoms with Crippen molar-refractivity contribution >= 4 is 11.6 Å². The molecular weight excluding hydrogens is 245 g/mol. The Labute approximate surface area is 110 Å². The van der Waals surface area contributed by atoms with E-state index in [0.29, 0.717) is 12.1 Å². The van der Waals surface area contributed by atoms with Crippen molar-refractivity contribution in [1.29, 1.82) is 0 Å². The van der Waals surface area contributed by atoms with E-state index in [1.807, 2.05) is 18.2 Å². The molecule has 0 aliphatic rings. The van der Waals surface area contributed by atoms with Gasteiger partial charge in [-0.3, -0.25) is 9.78 Å². The summed E-state index contributed by atoms with van der Waals surface area (Å²) in [5.74, 6) is -0.718. The highest BCUT2D eigenvalue weighted by atomic mass is 19.1. The molecule has 0 atom stereocenters. The third kappa shape index (κ3) is 3.07. The van der Waals surface area contributed by atoms with Crippen LogP contribution in [0.4, 0.5) is 10.1 Å². The molecule has 2 rings (SSSR count). The highest BCUT2D eigenvalue weighted by molar-refractivity contribution is 5.98. The van der Waals surface area contributed by atoms with E-state index in [9.17, 15) is 9.18 Å². The van der Waals surface area contributed by atoms with Gasteiger partial charge >= 0.3 is 0 Å². The molecule has 0 spiro atoms. The van der Waals surface area contributed by atoms with Gasteiger partial charge in [0.25, 0.3) is 5.91 Å². The molecule has 0 radical (unpaired) electrons. The molecule has 0 aliphatic carbocycles. The molecule has 5 heteroatoms. The standard InChI is InChI=1S/C14H14FN3O/c1-18(9-11-4-2-3-7-17-11)14(19)12-6-5-10(15)8-13(12)16/h2-8H,9,16H2,1H3. The highest BCUT2D eigenvalue weighted by Crippen LogP contribution is 2.16. The van der Waals surface area contributed by atoms with E-state index >= 15 is 0 Å². The van der Waals surface area contributed by atoms with Crippen LogP contribution in [0.3, 0.4) is 0 Å². The normalized spacial score (nSPS) is 10.2. The quantitative estimate of drug-likeness (QED) is 0.858. The SMILES string of the molecule is CN(Cc1ccccn1)C(=O)c1ccc(F)cc1N. The van der Waals surface area contributed by atoms with Gasteiger partial charge in [0, 0.05) is 18.9 Å². The fraction of sp³-hybridized carbons (Fsp3) is 0.143. The number of hydrogen-bond donors (Lipinski definition) is 1. The Hall–Kier alpha value is -2.43. The highest BCUT2D eigenvalue weighted by Gasteiger charge is 2.15. The Morgan fingerprint density at radius 2 is 2.16 bits per heavy atom. The number of rotatable bonds is 3. The van der Waals surface area contributed by atoms with Gasteiger partial charge in [-0.2, -0.15) is 0 Å². The Bertz CT molecular complexity index is 586. The fourth-order valence-corrected chi connectivity index (χ4v) is 1.74. The van der Waals surface area contributed by atoms with Crippen molar-refractivity contribution in [3.05, 3.63) is 59.7 Å². The number of halogens is 1. The Morgan fingerprint density at radius 3 is 2.79 bits per heavy atom. The van der Waals surface area contributed by atoms with Gasteiger partial charge in [0.1, 0.15) is 5.82 Å². The maximum atomic E-state index is 12.9. The molecular formula is C14H14FN3O. The predicted octanol–water partition coefficient (Wildman–Crippen LogP) is 2.08. The number of amides is 1. The van der Waals surface area contributed by atoms with Crippen molar-refractivity contribution in [3.63, 3.8) is 0 Å². The number of carbonyl (C=O) groups is 1. The lowest BCUT2D eigenvalue weighted by atomic mass is 10.1. The van der Waals surface area contributed by atoms with Crippen LogP contribution in [0, 0.1) is 5.82 Å². The van der Waals surface area contributed by atoms with Crippen LogP contribution in [-0.4, -0.2) is 22.8 Å². The largest absolute Gasteiger partial charge is 0.398 e. The topological polar surface area (TPSA) is 59.2 Å². The number of hydrogen-bond acceptors (Lipinski definition) is 3. The summed E-state index contributed by atoms with van der Waals surface area (Å²) in [6, 6.07) is 9.25. The summed E-state index contributed by atoms with van der Waals surface area (Å²) in [6.07, 6.45) is 1.67. The second-order valence-electron chi connectivity index (χ2n) is 4.21. The van der Waals surface area contributed by atoms with Gasteiger partial charge in [0.15, 0.2) is 0 Å². The number of nitrogens with two attached hydrogens (primary N) is 1. The molecule has 2 N–H and O–H groups in total. The van der Waals surface area contributed by atoms with Crippen molar-refractivity contribution in [3.8, 4) is 0 Å². The lowest BCUT2D eigenvalue weighted by molar-refractivity contribution is 0.0784. The number of aromatic nitrogens is 1. The Kier molecular flexibility index (Phi) is 3.75. The van der Waals surface area contributed by atoms with Gasteiger partial charge in [-0.15, -0.1) is 0 Å². The van der Waals surface area contributed by atoms with E-state index in [2.05, 4.69) is 4.98 Å². The van der Waals surface area contributed by atoms with Gasteiger partial charge in [-0.25, -0.2) is 4.39 Å². The smallest absolute Gasteiger partial charge is 0.256 e. The Morgan fingerprint density at radius 1 is 1.37 bits per heavy atom. The van der Waals surface area contributed by atoms with Crippen molar-refractivity contribution in [2.24, 2.45) is 0 Å². The van der Waals surface area contributed by atoms with Crippen LogP contribution >= 0.6 is 0 Å². The lowest BCUT2D eigenvalue weighted by Crippen LogP contribution is -2.27. The van der Waals surface area contributed by atoms with Crippen LogP contribution in [0.1, 0.15) is 16.1 Å². The summed E-state index contributed by atoms with van der Waals surface area (Å²) in [7, 11) is 1.65. The molecule has 1 amide bonds. The number of pyridine rings is 1. The van der Waals surface area contributed by atoms with Crippen LogP contribution in [0.2, 0.25) is 0 Å². The van der Waals surface area contributed by atoms with Crippen LogP contribution in [-0.2, 0) is 6.54 Å². The van der Waals surface area contributed by atoms with Gasteiger partial charge in [-0.1, -0.05) is 6.07 Å². The van der Waals surface area contributed by atoms with Gasteiger partial charge < -0.3 is 10.6 Å². The first-order chi connectivity index (χ1) is 9.08. The van der Waals surface area contributed by atoms with Gasteiger partial charge in [-0.05, 0) is 30.3 Å². The lowest BCUT2D eigenvalue weighted by Gasteiger charge is -2.17. The maximum absolute atomic E-state index is 12.9. The number of benzene rings is 1. The van der Waals surface area contributed by atoms with E-state index in [0.717, 1.165) is 11.8 Å². The van der Waals surface area contributed by atoms with E-state index in [1.54, 1.807) is 13.2 Å². The average Bonchev–Trinajstić information content (AvgIpc) is 2.39. The van der Waals surface area contributed by atoms with Crippen LogP contribution in [0.5, 0.6) is 0 Å². The van der Waals surface area contributed by atoms with Gasteiger partial charge in [0.05, 0.1) is 17.8 Å². The second kappa shape index (κ2) is 5.48. The molecule has 98 valence electrons. The zero-order chi connectivity index (χ0) is 13.8. The predicted molar refractivity (Wildman–Crippen MR) is 70.8 cm³/mol. The summed E-state index contributed by atoms with van der Waals surface area (Å²) >= 11 is 0. The molecule has 0 saturated heterocycles. The van der Waals surface area contributed by atoms with E-state index in [4.69, 9.17) is 5.73 Å². The molecule has 0 unspecified atom stereocenters. The first kappa shape index (κ1) is 13.0. The van der Waals surface area contributed by atoms with Crippen molar-refractivity contribution < 1.29 is 9.18 Å². The van der Waals surface area contributed by atoms with E-state index < -0.39 is 5.82 Å². The first-order valence-electron chi connectivity index (χ1n) is 5.78. The summed E-state index contributed by atoms with van der Waals surface area (Å²) < 4.78 is 12.9. The number of carbonyl (C=O) groups excluding carboxylic acids is 1. The minimum absolute atomic E-state index is 0.137. The molecule has 0 fully saturated rings. The number of nitrogens with zero attached hydrogens (tertiary/aromatic N) is 2.